The SMILES string of the molecule is CCOC(C)(C)CCOC(C)(CC)CC(=O)O. The summed E-state index contributed by atoms with van der Waals surface area (Å²) in [5, 5.41) is 8.82. The van der Waals surface area contributed by atoms with E-state index in [0.29, 0.717) is 19.6 Å². The van der Waals surface area contributed by atoms with Gasteiger partial charge in [0.2, 0.25) is 0 Å². The number of carboxylic acids is 1. The van der Waals surface area contributed by atoms with Crippen LogP contribution in [0.15, 0.2) is 0 Å². The normalized spacial score (nSPS) is 15.6. The van der Waals surface area contributed by atoms with Gasteiger partial charge in [-0.25, -0.2) is 0 Å². The van der Waals surface area contributed by atoms with Gasteiger partial charge in [-0.05, 0) is 40.5 Å². The van der Waals surface area contributed by atoms with E-state index in [0.717, 1.165) is 6.42 Å². The molecule has 0 aliphatic rings. The Bertz CT molecular complexity index is 238. The van der Waals surface area contributed by atoms with Gasteiger partial charge in [-0.2, -0.15) is 0 Å². The summed E-state index contributed by atoms with van der Waals surface area (Å²) >= 11 is 0. The van der Waals surface area contributed by atoms with Gasteiger partial charge in [0.05, 0.1) is 24.2 Å². The second-order valence-electron chi connectivity index (χ2n) is 5.17. The number of hydrogen-bond donors (Lipinski definition) is 1. The van der Waals surface area contributed by atoms with Crippen molar-refractivity contribution >= 4 is 5.97 Å². The van der Waals surface area contributed by atoms with Crippen LogP contribution in [0.3, 0.4) is 0 Å². The summed E-state index contributed by atoms with van der Waals surface area (Å²) in [4.78, 5) is 10.7. The van der Waals surface area contributed by atoms with Gasteiger partial charge >= 0.3 is 5.97 Å². The highest BCUT2D eigenvalue weighted by Gasteiger charge is 2.27. The van der Waals surface area contributed by atoms with Gasteiger partial charge in [0.25, 0.3) is 0 Å². The van der Waals surface area contributed by atoms with Crippen LogP contribution in [0.1, 0.15) is 53.9 Å². The highest BCUT2D eigenvalue weighted by Crippen LogP contribution is 2.22. The third kappa shape index (κ3) is 7.34. The summed E-state index contributed by atoms with van der Waals surface area (Å²) in [7, 11) is 0. The predicted molar refractivity (Wildman–Crippen MR) is 67.2 cm³/mol. The van der Waals surface area contributed by atoms with E-state index in [1.165, 1.54) is 0 Å². The molecular weight excluding hydrogens is 220 g/mol. The lowest BCUT2D eigenvalue weighted by Gasteiger charge is -2.30. The fraction of sp³-hybridized carbons (Fsp3) is 0.923. The number of ether oxygens (including phenoxy) is 2. The van der Waals surface area contributed by atoms with E-state index in [-0.39, 0.29) is 12.0 Å². The molecule has 0 saturated carbocycles. The van der Waals surface area contributed by atoms with Crippen LogP contribution >= 0.6 is 0 Å². The first-order chi connectivity index (χ1) is 7.74. The number of rotatable bonds is 9. The van der Waals surface area contributed by atoms with Gasteiger partial charge in [0.1, 0.15) is 0 Å². The molecule has 0 aromatic rings. The van der Waals surface area contributed by atoms with E-state index >= 15 is 0 Å². The lowest BCUT2D eigenvalue weighted by molar-refractivity contribution is -0.146. The number of carbonyl (C=O) groups is 1. The highest BCUT2D eigenvalue weighted by atomic mass is 16.5. The van der Waals surface area contributed by atoms with E-state index in [2.05, 4.69) is 0 Å². The summed E-state index contributed by atoms with van der Waals surface area (Å²) in [5.74, 6) is -0.821. The lowest BCUT2D eigenvalue weighted by atomic mass is 9.98. The molecule has 4 nitrogen and oxygen atoms in total. The smallest absolute Gasteiger partial charge is 0.306 e. The van der Waals surface area contributed by atoms with Crippen molar-refractivity contribution in [2.75, 3.05) is 13.2 Å². The molecule has 0 heterocycles. The van der Waals surface area contributed by atoms with Crippen molar-refractivity contribution < 1.29 is 19.4 Å². The molecule has 1 atom stereocenters. The molecular formula is C13H26O4. The molecule has 102 valence electrons. The maximum Gasteiger partial charge on any atom is 0.306 e. The standard InChI is InChI=1S/C13H26O4/c1-6-13(5,10-11(14)15)17-9-8-12(3,4)16-7-2/h6-10H2,1-5H3,(H,14,15). The zero-order valence-electron chi connectivity index (χ0n) is 11.7. The van der Waals surface area contributed by atoms with E-state index in [1.807, 2.05) is 34.6 Å². The van der Waals surface area contributed by atoms with Crippen LogP contribution in [0, 0.1) is 0 Å². The van der Waals surface area contributed by atoms with Crippen molar-refractivity contribution in [3.8, 4) is 0 Å². The van der Waals surface area contributed by atoms with Crippen LogP contribution in [0.4, 0.5) is 0 Å². The van der Waals surface area contributed by atoms with Gasteiger partial charge in [-0.3, -0.25) is 4.79 Å². The van der Waals surface area contributed by atoms with E-state index in [9.17, 15) is 4.79 Å². The monoisotopic (exact) mass is 246 g/mol. The first kappa shape index (κ1) is 16.4. The average Bonchev–Trinajstić information content (AvgIpc) is 2.16. The molecule has 0 aromatic heterocycles. The van der Waals surface area contributed by atoms with Crippen LogP contribution in [-0.2, 0) is 14.3 Å². The van der Waals surface area contributed by atoms with Gasteiger partial charge in [0.15, 0.2) is 0 Å². The van der Waals surface area contributed by atoms with Crippen molar-refractivity contribution in [1.29, 1.82) is 0 Å². The Morgan fingerprint density at radius 2 is 1.76 bits per heavy atom. The van der Waals surface area contributed by atoms with Crippen molar-refractivity contribution in [3.63, 3.8) is 0 Å². The van der Waals surface area contributed by atoms with Crippen molar-refractivity contribution in [2.24, 2.45) is 0 Å². The van der Waals surface area contributed by atoms with Crippen LogP contribution in [-0.4, -0.2) is 35.5 Å². The Morgan fingerprint density at radius 3 is 2.18 bits per heavy atom. The van der Waals surface area contributed by atoms with Crippen LogP contribution in [0.25, 0.3) is 0 Å². The first-order valence-corrected chi connectivity index (χ1v) is 6.24. The molecule has 0 rings (SSSR count). The molecule has 4 heteroatoms. The number of aliphatic carboxylic acids is 1. The molecule has 17 heavy (non-hydrogen) atoms. The minimum absolute atomic E-state index is 0.0402. The Balaban J connectivity index is 4.11. The maximum absolute atomic E-state index is 10.7. The van der Waals surface area contributed by atoms with Crippen molar-refractivity contribution in [3.05, 3.63) is 0 Å². The Morgan fingerprint density at radius 1 is 1.18 bits per heavy atom. The zero-order chi connectivity index (χ0) is 13.5. The van der Waals surface area contributed by atoms with E-state index < -0.39 is 11.6 Å². The minimum Gasteiger partial charge on any atom is -0.481 e. The first-order valence-electron chi connectivity index (χ1n) is 6.24. The van der Waals surface area contributed by atoms with Crippen LogP contribution in [0.2, 0.25) is 0 Å². The van der Waals surface area contributed by atoms with Crippen molar-refractivity contribution in [1.82, 2.24) is 0 Å². The van der Waals surface area contributed by atoms with Gasteiger partial charge in [-0.15, -0.1) is 0 Å². The van der Waals surface area contributed by atoms with Crippen molar-refractivity contribution in [2.45, 2.75) is 65.1 Å². The van der Waals surface area contributed by atoms with Gasteiger partial charge < -0.3 is 14.6 Å². The summed E-state index contributed by atoms with van der Waals surface area (Å²) < 4.78 is 11.3. The van der Waals surface area contributed by atoms with Crippen LogP contribution in [0.5, 0.6) is 0 Å². The average molecular weight is 246 g/mol. The second kappa shape index (κ2) is 6.97. The fourth-order valence-corrected chi connectivity index (χ4v) is 1.60. The van der Waals surface area contributed by atoms with Crippen LogP contribution < -0.4 is 0 Å². The zero-order valence-corrected chi connectivity index (χ0v) is 11.7. The number of hydrogen-bond acceptors (Lipinski definition) is 3. The molecule has 0 radical (unpaired) electrons. The fourth-order valence-electron chi connectivity index (χ4n) is 1.60. The van der Waals surface area contributed by atoms with Gasteiger partial charge in [0, 0.05) is 6.61 Å². The van der Waals surface area contributed by atoms with E-state index in [1.54, 1.807) is 0 Å². The summed E-state index contributed by atoms with van der Waals surface area (Å²) in [6, 6.07) is 0. The Kier molecular flexibility index (Phi) is 6.72. The summed E-state index contributed by atoms with van der Waals surface area (Å²) in [5.41, 5.74) is -0.791. The molecule has 1 N–H and O–H groups in total. The minimum atomic E-state index is -0.821. The molecule has 0 aliphatic heterocycles. The predicted octanol–water partition coefficient (Wildman–Crippen LogP) is 2.85. The molecule has 0 fully saturated rings. The van der Waals surface area contributed by atoms with Gasteiger partial charge in [-0.1, -0.05) is 6.92 Å². The molecule has 0 saturated heterocycles. The quantitative estimate of drug-likeness (QED) is 0.679. The largest absolute Gasteiger partial charge is 0.481 e. The summed E-state index contributed by atoms with van der Waals surface area (Å²) in [6.07, 6.45) is 1.49. The van der Waals surface area contributed by atoms with E-state index in [4.69, 9.17) is 14.6 Å². The molecule has 0 amide bonds. The third-order valence-corrected chi connectivity index (χ3v) is 2.96. The second-order valence-corrected chi connectivity index (χ2v) is 5.17. The number of carboxylic acid groups (broad SMARTS) is 1. The molecule has 0 aliphatic carbocycles. The molecule has 0 aromatic carbocycles. The Labute approximate surface area is 104 Å². The molecule has 1 unspecified atom stereocenters. The topological polar surface area (TPSA) is 55.8 Å². The lowest BCUT2D eigenvalue weighted by Crippen LogP contribution is -2.34. The Hall–Kier alpha value is -0.610. The molecule has 0 spiro atoms. The third-order valence-electron chi connectivity index (χ3n) is 2.96. The highest BCUT2D eigenvalue weighted by molar-refractivity contribution is 5.68. The maximum atomic E-state index is 10.7. The summed E-state index contributed by atoms with van der Waals surface area (Å²) in [6.45, 7) is 11.0. The molecule has 0 bridgehead atoms.